The van der Waals surface area contributed by atoms with Crippen LogP contribution in [0.15, 0.2) is 18.2 Å². The van der Waals surface area contributed by atoms with Crippen LogP contribution in [0.1, 0.15) is 23.1 Å². The molecule has 1 aromatic carbocycles. The molecule has 3 heteroatoms. The fourth-order valence-corrected chi connectivity index (χ4v) is 2.32. The van der Waals surface area contributed by atoms with Crippen molar-refractivity contribution in [2.45, 2.75) is 25.7 Å². The van der Waals surface area contributed by atoms with E-state index in [0.29, 0.717) is 6.54 Å². The van der Waals surface area contributed by atoms with Crippen molar-refractivity contribution < 1.29 is 9.90 Å². The normalized spacial score (nSPS) is 13.5. The van der Waals surface area contributed by atoms with Crippen molar-refractivity contribution in [2.24, 2.45) is 0 Å². The van der Waals surface area contributed by atoms with Gasteiger partial charge < -0.3 is 10.0 Å². The highest BCUT2D eigenvalue weighted by Crippen LogP contribution is 2.22. The van der Waals surface area contributed by atoms with E-state index >= 15 is 0 Å². The first-order valence-corrected chi connectivity index (χ1v) is 6.16. The summed E-state index contributed by atoms with van der Waals surface area (Å²) in [5.74, 6) is -0.217. The number of likely N-dealkylation sites (N-methyl/N-ethyl adjacent to an activating group) is 1. The minimum absolute atomic E-state index is 0.217. The number of hydrogen-bond donors (Lipinski definition) is 1. The highest BCUT2D eigenvalue weighted by Gasteiger charge is 2.11. The Balaban J connectivity index is 1.93. The van der Waals surface area contributed by atoms with Crippen molar-refractivity contribution in [3.8, 4) is 0 Å². The molecule has 0 unspecified atom stereocenters. The second kappa shape index (κ2) is 5.32. The standard InChI is InChI=1S/C14H19NO2/c1-15(14(17)10-16)8-7-11-5-6-12-3-2-4-13(12)9-11/h5-6,9,16H,2-4,7-8,10H2,1H3. The summed E-state index contributed by atoms with van der Waals surface area (Å²) in [6.45, 7) is 0.263. The number of carbonyl (C=O) groups excluding carboxylic acids is 1. The Bertz CT molecular complexity index is 415. The molecule has 92 valence electrons. The second-order valence-corrected chi connectivity index (χ2v) is 4.68. The van der Waals surface area contributed by atoms with E-state index in [1.807, 2.05) is 0 Å². The van der Waals surface area contributed by atoms with Crippen LogP contribution in [0, 0.1) is 0 Å². The summed E-state index contributed by atoms with van der Waals surface area (Å²) < 4.78 is 0. The van der Waals surface area contributed by atoms with Crippen molar-refractivity contribution in [3.63, 3.8) is 0 Å². The Morgan fingerprint density at radius 3 is 2.88 bits per heavy atom. The van der Waals surface area contributed by atoms with E-state index in [2.05, 4.69) is 18.2 Å². The summed E-state index contributed by atoms with van der Waals surface area (Å²) in [4.78, 5) is 12.8. The van der Waals surface area contributed by atoms with Crippen molar-refractivity contribution >= 4 is 5.91 Å². The molecule has 1 aliphatic carbocycles. The predicted molar refractivity (Wildman–Crippen MR) is 66.9 cm³/mol. The summed E-state index contributed by atoms with van der Waals surface area (Å²) in [6, 6.07) is 6.63. The molecular weight excluding hydrogens is 214 g/mol. The van der Waals surface area contributed by atoms with E-state index in [1.165, 1.54) is 36.0 Å². The predicted octanol–water partition coefficient (Wildman–Crippen LogP) is 1.17. The van der Waals surface area contributed by atoms with Gasteiger partial charge in [0.1, 0.15) is 6.61 Å². The van der Waals surface area contributed by atoms with Gasteiger partial charge in [-0.3, -0.25) is 4.79 Å². The minimum atomic E-state index is -0.402. The van der Waals surface area contributed by atoms with Gasteiger partial charge in [-0.15, -0.1) is 0 Å². The van der Waals surface area contributed by atoms with Crippen LogP contribution < -0.4 is 0 Å². The molecule has 0 spiro atoms. The summed E-state index contributed by atoms with van der Waals surface area (Å²) in [6.07, 6.45) is 4.52. The number of nitrogens with zero attached hydrogens (tertiary/aromatic N) is 1. The van der Waals surface area contributed by atoms with Gasteiger partial charge in [-0.05, 0) is 42.4 Å². The van der Waals surface area contributed by atoms with Gasteiger partial charge in [0.15, 0.2) is 0 Å². The zero-order chi connectivity index (χ0) is 12.3. The first-order chi connectivity index (χ1) is 8.20. The molecule has 0 aliphatic heterocycles. The molecule has 2 rings (SSSR count). The number of benzene rings is 1. The summed E-state index contributed by atoms with van der Waals surface area (Å²) in [5, 5.41) is 8.74. The quantitative estimate of drug-likeness (QED) is 0.848. The lowest BCUT2D eigenvalue weighted by Crippen LogP contribution is -2.31. The number of carbonyl (C=O) groups is 1. The summed E-state index contributed by atoms with van der Waals surface area (Å²) in [5.41, 5.74) is 4.23. The first kappa shape index (κ1) is 12.1. The monoisotopic (exact) mass is 233 g/mol. The Labute approximate surface area is 102 Å². The van der Waals surface area contributed by atoms with Crippen LogP contribution >= 0.6 is 0 Å². The maximum Gasteiger partial charge on any atom is 0.248 e. The third-order valence-corrected chi connectivity index (χ3v) is 3.46. The van der Waals surface area contributed by atoms with Crippen LogP contribution in [0.3, 0.4) is 0 Å². The highest BCUT2D eigenvalue weighted by atomic mass is 16.3. The third kappa shape index (κ3) is 2.86. The van der Waals surface area contributed by atoms with Crippen LogP contribution in [0.2, 0.25) is 0 Å². The van der Waals surface area contributed by atoms with Crippen LogP contribution in [-0.4, -0.2) is 36.1 Å². The molecule has 0 fully saturated rings. The average Bonchev–Trinajstić information content (AvgIpc) is 2.82. The number of hydrogen-bond acceptors (Lipinski definition) is 2. The Kier molecular flexibility index (Phi) is 3.79. The number of amides is 1. The topological polar surface area (TPSA) is 40.5 Å². The number of aliphatic hydroxyl groups is 1. The second-order valence-electron chi connectivity index (χ2n) is 4.68. The SMILES string of the molecule is CN(CCc1ccc2c(c1)CCC2)C(=O)CO. The van der Waals surface area contributed by atoms with E-state index in [1.54, 1.807) is 11.9 Å². The van der Waals surface area contributed by atoms with Crippen LogP contribution in [-0.2, 0) is 24.1 Å². The molecule has 1 aliphatic rings. The molecule has 1 aromatic rings. The van der Waals surface area contributed by atoms with E-state index in [9.17, 15) is 4.79 Å². The van der Waals surface area contributed by atoms with E-state index < -0.39 is 6.61 Å². The molecule has 0 radical (unpaired) electrons. The first-order valence-electron chi connectivity index (χ1n) is 6.16. The van der Waals surface area contributed by atoms with Crippen molar-refractivity contribution in [1.29, 1.82) is 0 Å². The number of rotatable bonds is 4. The maximum absolute atomic E-state index is 11.2. The summed E-state index contributed by atoms with van der Waals surface area (Å²) >= 11 is 0. The van der Waals surface area contributed by atoms with Gasteiger partial charge in [0, 0.05) is 13.6 Å². The average molecular weight is 233 g/mol. The fraction of sp³-hybridized carbons (Fsp3) is 0.500. The largest absolute Gasteiger partial charge is 0.387 e. The van der Waals surface area contributed by atoms with Gasteiger partial charge >= 0.3 is 0 Å². The lowest BCUT2D eigenvalue weighted by molar-refractivity contribution is -0.132. The van der Waals surface area contributed by atoms with Crippen molar-refractivity contribution in [2.75, 3.05) is 20.2 Å². The van der Waals surface area contributed by atoms with Gasteiger partial charge in [0.25, 0.3) is 0 Å². The van der Waals surface area contributed by atoms with Crippen LogP contribution in [0.4, 0.5) is 0 Å². The molecule has 0 atom stereocenters. The molecule has 0 heterocycles. The smallest absolute Gasteiger partial charge is 0.248 e. The Morgan fingerprint density at radius 1 is 1.35 bits per heavy atom. The van der Waals surface area contributed by atoms with Crippen LogP contribution in [0.25, 0.3) is 0 Å². The molecule has 0 bridgehead atoms. The lowest BCUT2D eigenvalue weighted by Gasteiger charge is -2.15. The minimum Gasteiger partial charge on any atom is -0.387 e. The zero-order valence-corrected chi connectivity index (χ0v) is 10.3. The van der Waals surface area contributed by atoms with E-state index in [-0.39, 0.29) is 5.91 Å². The molecule has 1 amide bonds. The highest BCUT2D eigenvalue weighted by molar-refractivity contribution is 5.76. The summed E-state index contributed by atoms with van der Waals surface area (Å²) in [7, 11) is 1.73. The number of aliphatic hydroxyl groups excluding tert-OH is 1. The molecule has 1 N–H and O–H groups in total. The van der Waals surface area contributed by atoms with Gasteiger partial charge in [-0.1, -0.05) is 18.2 Å². The molecule has 3 nitrogen and oxygen atoms in total. The van der Waals surface area contributed by atoms with Gasteiger partial charge in [-0.25, -0.2) is 0 Å². The Morgan fingerprint density at radius 2 is 2.12 bits per heavy atom. The van der Waals surface area contributed by atoms with Crippen molar-refractivity contribution in [3.05, 3.63) is 34.9 Å². The van der Waals surface area contributed by atoms with E-state index in [0.717, 1.165) is 6.42 Å². The lowest BCUT2D eigenvalue weighted by atomic mass is 10.0. The molecular formula is C14H19NO2. The molecule has 0 saturated heterocycles. The fourth-order valence-electron chi connectivity index (χ4n) is 2.32. The van der Waals surface area contributed by atoms with Gasteiger partial charge in [-0.2, -0.15) is 0 Å². The van der Waals surface area contributed by atoms with Gasteiger partial charge in [0.05, 0.1) is 0 Å². The Hall–Kier alpha value is -1.35. The number of aryl methyl sites for hydroxylation is 2. The maximum atomic E-state index is 11.2. The van der Waals surface area contributed by atoms with Crippen molar-refractivity contribution in [1.82, 2.24) is 4.90 Å². The molecule has 0 aromatic heterocycles. The van der Waals surface area contributed by atoms with Gasteiger partial charge in [0.2, 0.25) is 5.91 Å². The molecule has 0 saturated carbocycles. The van der Waals surface area contributed by atoms with E-state index in [4.69, 9.17) is 5.11 Å². The zero-order valence-electron chi connectivity index (χ0n) is 10.3. The molecule has 17 heavy (non-hydrogen) atoms. The number of fused-ring (bicyclic) bond motifs is 1. The van der Waals surface area contributed by atoms with Crippen LogP contribution in [0.5, 0.6) is 0 Å². The third-order valence-electron chi connectivity index (χ3n) is 3.46.